The number of hydrogen-bond acceptors (Lipinski definition) is 1. The maximum absolute atomic E-state index is 2.86. The predicted octanol–water partition coefficient (Wildman–Crippen LogP) is 4.36. The van der Waals surface area contributed by atoms with Crippen LogP contribution in [0.5, 0.6) is 0 Å². The molecular formula is C15H29N. The first-order chi connectivity index (χ1) is 7.83. The number of unbranched alkanes of at least 4 members (excludes halogenated alkanes) is 4. The van der Waals surface area contributed by atoms with E-state index in [-0.39, 0.29) is 0 Å². The monoisotopic (exact) mass is 223 g/mol. The third kappa shape index (κ3) is 2.80. The number of rotatable bonds is 6. The SMILES string of the molecule is CCCCCCC[C@H]1CCC2CC[C@@H](C)N21. The van der Waals surface area contributed by atoms with E-state index in [4.69, 9.17) is 0 Å². The molecule has 16 heavy (non-hydrogen) atoms. The molecule has 1 unspecified atom stereocenters. The van der Waals surface area contributed by atoms with Gasteiger partial charge in [-0.2, -0.15) is 0 Å². The van der Waals surface area contributed by atoms with Crippen molar-refractivity contribution in [3.8, 4) is 0 Å². The van der Waals surface area contributed by atoms with Crippen molar-refractivity contribution < 1.29 is 0 Å². The molecule has 94 valence electrons. The summed E-state index contributed by atoms with van der Waals surface area (Å²) < 4.78 is 0. The van der Waals surface area contributed by atoms with Gasteiger partial charge in [-0.05, 0) is 39.0 Å². The van der Waals surface area contributed by atoms with Crippen LogP contribution in [0.25, 0.3) is 0 Å². The molecular weight excluding hydrogens is 194 g/mol. The summed E-state index contributed by atoms with van der Waals surface area (Å²) in [6.07, 6.45) is 14.6. The van der Waals surface area contributed by atoms with E-state index in [9.17, 15) is 0 Å². The minimum atomic E-state index is 0.883. The summed E-state index contributed by atoms with van der Waals surface area (Å²) in [5.74, 6) is 0. The van der Waals surface area contributed by atoms with Crippen LogP contribution >= 0.6 is 0 Å². The molecule has 2 aliphatic rings. The molecule has 2 aliphatic heterocycles. The first-order valence-corrected chi connectivity index (χ1v) is 7.60. The Balaban J connectivity index is 1.66. The summed E-state index contributed by atoms with van der Waals surface area (Å²) in [7, 11) is 0. The Bertz CT molecular complexity index is 202. The van der Waals surface area contributed by atoms with Crippen molar-refractivity contribution in [2.75, 3.05) is 0 Å². The molecule has 0 saturated carbocycles. The van der Waals surface area contributed by atoms with Crippen LogP contribution in [0.2, 0.25) is 0 Å². The van der Waals surface area contributed by atoms with Gasteiger partial charge < -0.3 is 0 Å². The topological polar surface area (TPSA) is 3.24 Å². The van der Waals surface area contributed by atoms with Gasteiger partial charge in [-0.3, -0.25) is 4.90 Å². The molecule has 0 radical (unpaired) electrons. The lowest BCUT2D eigenvalue weighted by Gasteiger charge is -2.28. The molecule has 0 aliphatic carbocycles. The molecule has 2 rings (SSSR count). The molecule has 0 aromatic heterocycles. The quantitative estimate of drug-likeness (QED) is 0.605. The van der Waals surface area contributed by atoms with E-state index in [1.165, 1.54) is 64.2 Å². The first kappa shape index (κ1) is 12.4. The van der Waals surface area contributed by atoms with E-state index in [2.05, 4.69) is 18.7 Å². The fourth-order valence-electron chi connectivity index (χ4n) is 3.85. The minimum absolute atomic E-state index is 0.883. The zero-order chi connectivity index (χ0) is 11.4. The summed E-state index contributed by atoms with van der Waals surface area (Å²) in [5, 5.41) is 0. The molecule has 2 saturated heterocycles. The number of hydrogen-bond donors (Lipinski definition) is 0. The van der Waals surface area contributed by atoms with Gasteiger partial charge in [0, 0.05) is 18.1 Å². The van der Waals surface area contributed by atoms with Crippen LogP contribution in [0.15, 0.2) is 0 Å². The molecule has 0 amide bonds. The van der Waals surface area contributed by atoms with E-state index >= 15 is 0 Å². The van der Waals surface area contributed by atoms with Crippen molar-refractivity contribution in [2.45, 2.75) is 96.2 Å². The maximum atomic E-state index is 2.86. The van der Waals surface area contributed by atoms with E-state index in [1.807, 2.05) is 0 Å². The molecule has 0 spiro atoms. The third-order valence-corrected chi connectivity index (χ3v) is 4.74. The van der Waals surface area contributed by atoms with Gasteiger partial charge in [0.05, 0.1) is 0 Å². The van der Waals surface area contributed by atoms with Gasteiger partial charge in [-0.15, -0.1) is 0 Å². The van der Waals surface area contributed by atoms with Gasteiger partial charge in [-0.25, -0.2) is 0 Å². The van der Waals surface area contributed by atoms with Crippen molar-refractivity contribution in [1.82, 2.24) is 4.90 Å². The summed E-state index contributed by atoms with van der Waals surface area (Å²) in [5.41, 5.74) is 0. The lowest BCUT2D eigenvalue weighted by atomic mass is 10.0. The number of nitrogens with zero attached hydrogens (tertiary/aromatic N) is 1. The van der Waals surface area contributed by atoms with Gasteiger partial charge in [0.2, 0.25) is 0 Å². The molecule has 1 heteroatoms. The van der Waals surface area contributed by atoms with Crippen LogP contribution in [0.3, 0.4) is 0 Å². The summed E-state index contributed by atoms with van der Waals surface area (Å²) >= 11 is 0. The highest BCUT2D eigenvalue weighted by Crippen LogP contribution is 2.38. The highest BCUT2D eigenvalue weighted by molar-refractivity contribution is 4.95. The van der Waals surface area contributed by atoms with Crippen molar-refractivity contribution >= 4 is 0 Å². The van der Waals surface area contributed by atoms with Crippen LogP contribution in [-0.2, 0) is 0 Å². The Morgan fingerprint density at radius 1 is 0.938 bits per heavy atom. The lowest BCUT2D eigenvalue weighted by molar-refractivity contribution is 0.180. The van der Waals surface area contributed by atoms with Crippen molar-refractivity contribution in [3.05, 3.63) is 0 Å². The zero-order valence-electron chi connectivity index (χ0n) is 11.3. The second kappa shape index (κ2) is 6.05. The van der Waals surface area contributed by atoms with E-state index in [0.29, 0.717) is 0 Å². The fraction of sp³-hybridized carbons (Fsp3) is 1.00. The second-order valence-electron chi connectivity index (χ2n) is 5.96. The van der Waals surface area contributed by atoms with Crippen LogP contribution in [0, 0.1) is 0 Å². The molecule has 2 heterocycles. The van der Waals surface area contributed by atoms with Gasteiger partial charge >= 0.3 is 0 Å². The van der Waals surface area contributed by atoms with Crippen molar-refractivity contribution in [3.63, 3.8) is 0 Å². The Morgan fingerprint density at radius 3 is 2.50 bits per heavy atom. The predicted molar refractivity (Wildman–Crippen MR) is 70.7 cm³/mol. The summed E-state index contributed by atoms with van der Waals surface area (Å²) in [4.78, 5) is 2.86. The second-order valence-corrected chi connectivity index (χ2v) is 5.96. The molecule has 0 aromatic rings. The fourth-order valence-corrected chi connectivity index (χ4v) is 3.85. The summed E-state index contributed by atoms with van der Waals surface area (Å²) in [6, 6.07) is 2.80. The smallest absolute Gasteiger partial charge is 0.0102 e. The zero-order valence-corrected chi connectivity index (χ0v) is 11.3. The van der Waals surface area contributed by atoms with Crippen LogP contribution in [0.4, 0.5) is 0 Å². The molecule has 0 aromatic carbocycles. The van der Waals surface area contributed by atoms with Crippen molar-refractivity contribution in [2.24, 2.45) is 0 Å². The third-order valence-electron chi connectivity index (χ3n) is 4.74. The largest absolute Gasteiger partial charge is 0.295 e. The standard InChI is InChI=1S/C15H29N/c1-3-4-5-6-7-8-14-11-12-15-10-9-13(2)16(14)15/h13-15H,3-12H2,1-2H3/t13-,14+,15?/m1/s1. The number of fused-ring (bicyclic) bond motifs is 1. The molecule has 0 N–H and O–H groups in total. The van der Waals surface area contributed by atoms with Gasteiger partial charge in [0.15, 0.2) is 0 Å². The normalized spacial score (nSPS) is 34.5. The van der Waals surface area contributed by atoms with Gasteiger partial charge in [0.1, 0.15) is 0 Å². The first-order valence-electron chi connectivity index (χ1n) is 7.60. The van der Waals surface area contributed by atoms with Gasteiger partial charge in [0.25, 0.3) is 0 Å². The Kier molecular flexibility index (Phi) is 4.69. The molecule has 3 atom stereocenters. The minimum Gasteiger partial charge on any atom is -0.295 e. The Morgan fingerprint density at radius 2 is 1.69 bits per heavy atom. The van der Waals surface area contributed by atoms with Crippen LogP contribution in [0.1, 0.15) is 78.1 Å². The highest BCUT2D eigenvalue weighted by atomic mass is 15.3. The van der Waals surface area contributed by atoms with Crippen LogP contribution < -0.4 is 0 Å². The summed E-state index contributed by atoms with van der Waals surface area (Å²) in [6.45, 7) is 4.74. The Hall–Kier alpha value is -0.0400. The van der Waals surface area contributed by atoms with Gasteiger partial charge in [-0.1, -0.05) is 39.0 Å². The average molecular weight is 223 g/mol. The molecule has 0 bridgehead atoms. The van der Waals surface area contributed by atoms with E-state index in [1.54, 1.807) is 0 Å². The Labute approximate surface area is 102 Å². The van der Waals surface area contributed by atoms with Crippen molar-refractivity contribution in [1.29, 1.82) is 0 Å². The molecule has 1 nitrogen and oxygen atoms in total. The maximum Gasteiger partial charge on any atom is 0.0102 e. The average Bonchev–Trinajstić information content (AvgIpc) is 2.83. The molecule has 2 fully saturated rings. The highest BCUT2D eigenvalue weighted by Gasteiger charge is 2.39. The van der Waals surface area contributed by atoms with Crippen LogP contribution in [-0.4, -0.2) is 23.0 Å². The van der Waals surface area contributed by atoms with E-state index < -0.39 is 0 Å². The van der Waals surface area contributed by atoms with E-state index in [0.717, 1.165) is 18.1 Å². The lowest BCUT2D eigenvalue weighted by Crippen LogP contribution is -2.36.